The predicted octanol–water partition coefficient (Wildman–Crippen LogP) is 2.16. The summed E-state index contributed by atoms with van der Waals surface area (Å²) < 4.78 is 0. The lowest BCUT2D eigenvalue weighted by Gasteiger charge is -2.29. The summed E-state index contributed by atoms with van der Waals surface area (Å²) in [6.07, 6.45) is 4.72. The lowest BCUT2D eigenvalue weighted by Crippen LogP contribution is -2.33. The average Bonchev–Trinajstić information content (AvgIpc) is 2.61. The predicted molar refractivity (Wildman–Crippen MR) is 105 cm³/mol. The monoisotopic (exact) mass is 343 g/mol. The topological polar surface area (TPSA) is 69.2 Å². The molecule has 1 aromatic rings. The lowest BCUT2D eigenvalue weighted by atomic mass is 10.0. The first-order valence-electron chi connectivity index (χ1n) is 8.67. The molecular weight excluding hydrogens is 314 g/mol. The molecule has 0 fully saturated rings. The molecule has 0 aliphatic carbocycles. The molecule has 7 heteroatoms. The second kappa shape index (κ2) is 9.17. The summed E-state index contributed by atoms with van der Waals surface area (Å²) in [5.74, 6) is 1.88. The summed E-state index contributed by atoms with van der Waals surface area (Å²) in [5.41, 5.74) is 2.42. The summed E-state index contributed by atoms with van der Waals surface area (Å²) in [5, 5.41) is 6.46. The van der Waals surface area contributed by atoms with Crippen molar-refractivity contribution in [1.29, 1.82) is 0 Å². The van der Waals surface area contributed by atoms with Crippen LogP contribution in [0.25, 0.3) is 0 Å². The van der Waals surface area contributed by atoms with Gasteiger partial charge in [0, 0.05) is 32.7 Å². The van der Waals surface area contributed by atoms with E-state index >= 15 is 0 Å². The maximum Gasteiger partial charge on any atom is 0.232 e. The van der Waals surface area contributed by atoms with E-state index in [1.54, 1.807) is 0 Å². The van der Waals surface area contributed by atoms with Crippen LogP contribution in [0.5, 0.6) is 0 Å². The van der Waals surface area contributed by atoms with Crippen LogP contribution in [0.4, 0.5) is 17.8 Å². The van der Waals surface area contributed by atoms with Crippen LogP contribution in [-0.4, -0.2) is 66.7 Å². The van der Waals surface area contributed by atoms with E-state index in [2.05, 4.69) is 48.5 Å². The first-order valence-corrected chi connectivity index (χ1v) is 8.67. The van der Waals surface area contributed by atoms with Crippen molar-refractivity contribution in [3.8, 4) is 0 Å². The van der Waals surface area contributed by atoms with Gasteiger partial charge in [0.05, 0.1) is 0 Å². The third-order valence-electron chi connectivity index (χ3n) is 4.00. The quantitative estimate of drug-likeness (QED) is 0.712. The van der Waals surface area contributed by atoms with E-state index in [1.807, 2.05) is 33.2 Å². The Morgan fingerprint density at radius 2 is 1.76 bits per heavy atom. The molecule has 0 radical (unpaired) electrons. The van der Waals surface area contributed by atoms with Gasteiger partial charge in [-0.25, -0.2) is 0 Å². The van der Waals surface area contributed by atoms with Crippen molar-refractivity contribution in [3.05, 3.63) is 36.5 Å². The summed E-state index contributed by atoms with van der Waals surface area (Å²) >= 11 is 0. The zero-order valence-electron chi connectivity index (χ0n) is 15.5. The van der Waals surface area contributed by atoms with E-state index in [1.165, 1.54) is 11.1 Å². The second-order valence-electron chi connectivity index (χ2n) is 6.17. The minimum Gasteiger partial charge on any atom is -0.354 e. The number of hydrogen-bond acceptors (Lipinski definition) is 7. The van der Waals surface area contributed by atoms with Crippen LogP contribution < -0.4 is 15.5 Å². The number of nitrogens with one attached hydrogen (secondary N) is 2. The van der Waals surface area contributed by atoms with Gasteiger partial charge in [-0.1, -0.05) is 25.3 Å². The Kier molecular flexibility index (Phi) is 6.94. The van der Waals surface area contributed by atoms with Gasteiger partial charge in [-0.3, -0.25) is 0 Å². The minimum absolute atomic E-state index is 0.596. The molecule has 2 N–H and O–H groups in total. The fraction of sp³-hybridized carbons (Fsp3) is 0.500. The van der Waals surface area contributed by atoms with Crippen LogP contribution in [0, 0.1) is 0 Å². The van der Waals surface area contributed by atoms with E-state index in [4.69, 9.17) is 0 Å². The van der Waals surface area contributed by atoms with Gasteiger partial charge >= 0.3 is 0 Å². The third-order valence-corrected chi connectivity index (χ3v) is 4.00. The van der Waals surface area contributed by atoms with Crippen LogP contribution in [-0.2, 0) is 0 Å². The van der Waals surface area contributed by atoms with Gasteiger partial charge in [-0.15, -0.1) is 0 Å². The number of nitrogens with zero attached hydrogens (tertiary/aromatic N) is 5. The molecule has 136 valence electrons. The fourth-order valence-corrected chi connectivity index (χ4v) is 2.62. The zero-order valence-corrected chi connectivity index (χ0v) is 15.5. The Morgan fingerprint density at radius 3 is 2.36 bits per heavy atom. The van der Waals surface area contributed by atoms with Crippen LogP contribution in [0.3, 0.4) is 0 Å². The van der Waals surface area contributed by atoms with Crippen molar-refractivity contribution < 1.29 is 0 Å². The maximum atomic E-state index is 4.61. The summed E-state index contributed by atoms with van der Waals surface area (Å²) in [4.78, 5) is 17.9. The normalized spacial score (nSPS) is 14.6. The molecule has 0 saturated carbocycles. The molecule has 0 atom stereocenters. The molecule has 0 aromatic carbocycles. The Balaban J connectivity index is 2.21. The fourth-order valence-electron chi connectivity index (χ4n) is 2.62. The van der Waals surface area contributed by atoms with Crippen LogP contribution >= 0.6 is 0 Å². The molecule has 1 aliphatic rings. The number of allylic oxidation sites excluding steroid dienone is 1. The van der Waals surface area contributed by atoms with Crippen molar-refractivity contribution in [2.24, 2.45) is 0 Å². The molecule has 1 aromatic heterocycles. The van der Waals surface area contributed by atoms with E-state index < -0.39 is 0 Å². The van der Waals surface area contributed by atoms with Gasteiger partial charge in [0.25, 0.3) is 0 Å². The van der Waals surface area contributed by atoms with Crippen molar-refractivity contribution >= 4 is 17.8 Å². The molecule has 0 unspecified atom stereocenters. The highest BCUT2D eigenvalue weighted by atomic mass is 15.3. The van der Waals surface area contributed by atoms with E-state index in [0.717, 1.165) is 39.1 Å². The number of aromatic nitrogens is 3. The van der Waals surface area contributed by atoms with Gasteiger partial charge in [0.15, 0.2) is 0 Å². The molecular formula is C18H29N7. The highest BCUT2D eigenvalue weighted by Gasteiger charge is 2.19. The second-order valence-corrected chi connectivity index (χ2v) is 6.17. The number of rotatable bonds is 9. The van der Waals surface area contributed by atoms with Crippen LogP contribution in [0.1, 0.15) is 13.3 Å². The lowest BCUT2D eigenvalue weighted by molar-refractivity contribution is 0.425. The first kappa shape index (κ1) is 18.9. The Hall–Kier alpha value is -2.41. The smallest absolute Gasteiger partial charge is 0.232 e. The number of anilines is 3. The molecule has 7 nitrogen and oxygen atoms in total. The molecule has 0 saturated heterocycles. The molecule has 25 heavy (non-hydrogen) atoms. The van der Waals surface area contributed by atoms with Gasteiger partial charge in [-0.2, -0.15) is 15.0 Å². The molecule has 0 bridgehead atoms. The van der Waals surface area contributed by atoms with Crippen LogP contribution in [0.15, 0.2) is 36.5 Å². The van der Waals surface area contributed by atoms with Crippen molar-refractivity contribution in [2.45, 2.75) is 13.3 Å². The largest absolute Gasteiger partial charge is 0.354 e. The molecule has 2 heterocycles. The van der Waals surface area contributed by atoms with Crippen molar-refractivity contribution in [1.82, 2.24) is 19.9 Å². The van der Waals surface area contributed by atoms with E-state index in [0.29, 0.717) is 17.8 Å². The Morgan fingerprint density at radius 1 is 1.08 bits per heavy atom. The van der Waals surface area contributed by atoms with Crippen LogP contribution in [0.2, 0.25) is 0 Å². The summed E-state index contributed by atoms with van der Waals surface area (Å²) in [7, 11) is 4.08. The zero-order chi connectivity index (χ0) is 18.2. The van der Waals surface area contributed by atoms with Gasteiger partial charge in [0.1, 0.15) is 0 Å². The van der Waals surface area contributed by atoms with Crippen molar-refractivity contribution in [2.75, 3.05) is 62.4 Å². The highest BCUT2D eigenvalue weighted by molar-refractivity contribution is 5.48. The van der Waals surface area contributed by atoms with Crippen molar-refractivity contribution in [3.63, 3.8) is 0 Å². The number of hydrogen-bond donors (Lipinski definition) is 2. The Labute approximate surface area is 150 Å². The minimum atomic E-state index is 0.596. The molecule has 2 rings (SSSR count). The van der Waals surface area contributed by atoms with Gasteiger partial charge in [-0.05, 0) is 38.6 Å². The van der Waals surface area contributed by atoms with E-state index in [-0.39, 0.29) is 0 Å². The van der Waals surface area contributed by atoms with Gasteiger partial charge < -0.3 is 20.4 Å². The SMILES string of the molecule is C=CC1=C(C=C)CN(c2nc(NCC)nc(NCCN(C)C)n2)CC1. The third kappa shape index (κ3) is 5.29. The molecule has 0 amide bonds. The summed E-state index contributed by atoms with van der Waals surface area (Å²) in [6, 6.07) is 0. The Bertz CT molecular complexity index is 636. The first-order chi connectivity index (χ1) is 12.1. The average molecular weight is 343 g/mol. The molecule has 1 aliphatic heterocycles. The molecule has 0 spiro atoms. The highest BCUT2D eigenvalue weighted by Crippen LogP contribution is 2.23. The number of likely N-dealkylation sites (N-methyl/N-ethyl adjacent to an activating group) is 1. The summed E-state index contributed by atoms with van der Waals surface area (Å²) in [6.45, 7) is 13.9. The maximum absolute atomic E-state index is 4.61. The van der Waals surface area contributed by atoms with E-state index in [9.17, 15) is 0 Å². The van der Waals surface area contributed by atoms with Gasteiger partial charge in [0.2, 0.25) is 17.8 Å². The standard InChI is InChI=1S/C18H29N7/c1-6-14-9-11-25(13-15(14)7-2)18-22-16(19-8-3)21-17(23-18)20-10-12-24(4)5/h6-7H,1-2,8-13H2,3-5H3,(H2,19,20,21,22,23).